The van der Waals surface area contributed by atoms with E-state index in [2.05, 4.69) is 11.8 Å². The highest BCUT2D eigenvalue weighted by atomic mass is 32.2. The number of carbonyl (C=O) groups is 2. The molecular formula is C12H10O3S. The highest BCUT2D eigenvalue weighted by Crippen LogP contribution is 2.19. The Labute approximate surface area is 97.9 Å². The lowest BCUT2D eigenvalue weighted by Crippen LogP contribution is -1.86. The van der Waals surface area contributed by atoms with Crippen molar-refractivity contribution < 1.29 is 14.7 Å². The van der Waals surface area contributed by atoms with Crippen molar-refractivity contribution >= 4 is 23.2 Å². The van der Waals surface area contributed by atoms with Gasteiger partial charge in [0.2, 0.25) is 0 Å². The maximum atomic E-state index is 10.6. The largest absolute Gasteiger partial charge is 0.506 e. The third-order valence-electron chi connectivity index (χ3n) is 1.76. The van der Waals surface area contributed by atoms with Gasteiger partial charge >= 0.3 is 0 Å². The summed E-state index contributed by atoms with van der Waals surface area (Å²) in [7, 11) is 0. The molecule has 1 rings (SSSR count). The van der Waals surface area contributed by atoms with Crippen LogP contribution in [-0.2, 0) is 4.79 Å². The van der Waals surface area contributed by atoms with Crippen molar-refractivity contribution in [1.82, 2.24) is 0 Å². The van der Waals surface area contributed by atoms with Crippen molar-refractivity contribution in [1.29, 1.82) is 0 Å². The van der Waals surface area contributed by atoms with Crippen LogP contribution in [0.25, 0.3) is 0 Å². The summed E-state index contributed by atoms with van der Waals surface area (Å²) in [4.78, 5) is 21.2. The monoisotopic (exact) mass is 234 g/mol. The second kappa shape index (κ2) is 5.99. The molecule has 1 N–H and O–H groups in total. The highest BCUT2D eigenvalue weighted by Gasteiger charge is 2.02. The normalized spacial score (nSPS) is 9.06. The summed E-state index contributed by atoms with van der Waals surface area (Å²) in [6.07, 6.45) is 0.574. The number of aldehydes is 1. The quantitative estimate of drug-likeness (QED) is 0.626. The summed E-state index contributed by atoms with van der Waals surface area (Å²) < 4.78 is 0. The highest BCUT2D eigenvalue weighted by molar-refractivity contribution is 8.13. The number of rotatable bonds is 2. The van der Waals surface area contributed by atoms with E-state index in [9.17, 15) is 14.7 Å². The van der Waals surface area contributed by atoms with Crippen LogP contribution in [0.2, 0.25) is 0 Å². The van der Waals surface area contributed by atoms with Gasteiger partial charge in [0, 0.05) is 6.92 Å². The summed E-state index contributed by atoms with van der Waals surface area (Å²) in [6.45, 7) is 1.47. The van der Waals surface area contributed by atoms with Crippen molar-refractivity contribution in [2.45, 2.75) is 6.92 Å². The molecule has 4 heteroatoms. The van der Waals surface area contributed by atoms with Crippen LogP contribution in [0.3, 0.4) is 0 Å². The molecule has 0 unspecified atom stereocenters. The van der Waals surface area contributed by atoms with Gasteiger partial charge in [0.05, 0.1) is 16.9 Å². The summed E-state index contributed by atoms with van der Waals surface area (Å²) in [5.41, 5.74) is 0.611. The molecule has 0 radical (unpaired) electrons. The number of benzene rings is 1. The first-order valence-electron chi connectivity index (χ1n) is 4.54. The van der Waals surface area contributed by atoms with Crippen LogP contribution in [0, 0.1) is 11.8 Å². The minimum Gasteiger partial charge on any atom is -0.506 e. The summed E-state index contributed by atoms with van der Waals surface area (Å²) >= 11 is 1.10. The van der Waals surface area contributed by atoms with Crippen LogP contribution in [0.15, 0.2) is 18.2 Å². The predicted octanol–water partition coefficient (Wildman–Crippen LogP) is 1.84. The second-order valence-electron chi connectivity index (χ2n) is 2.94. The standard InChI is InChI=1S/C12H10O3S/c1-9(14)16-7-3-6-10-4-2-5-11(8-13)12(10)15/h2,4-5,8,15H,7H2,1H3. The van der Waals surface area contributed by atoms with Crippen molar-refractivity contribution in [2.24, 2.45) is 0 Å². The van der Waals surface area contributed by atoms with E-state index in [1.54, 1.807) is 12.1 Å². The summed E-state index contributed by atoms with van der Waals surface area (Å²) in [6, 6.07) is 4.77. The van der Waals surface area contributed by atoms with E-state index in [4.69, 9.17) is 0 Å². The van der Waals surface area contributed by atoms with E-state index >= 15 is 0 Å². The van der Waals surface area contributed by atoms with E-state index in [0.717, 1.165) is 11.8 Å². The lowest BCUT2D eigenvalue weighted by molar-refractivity contribution is -0.109. The fourth-order valence-corrected chi connectivity index (χ4v) is 1.37. The topological polar surface area (TPSA) is 54.4 Å². The van der Waals surface area contributed by atoms with Crippen LogP contribution in [0.4, 0.5) is 0 Å². The summed E-state index contributed by atoms with van der Waals surface area (Å²) in [5.74, 6) is 5.71. The molecule has 0 aliphatic rings. The molecule has 16 heavy (non-hydrogen) atoms. The smallest absolute Gasteiger partial charge is 0.186 e. The summed E-state index contributed by atoms with van der Waals surface area (Å²) in [5, 5.41) is 9.59. The predicted molar refractivity (Wildman–Crippen MR) is 63.5 cm³/mol. The van der Waals surface area contributed by atoms with Crippen molar-refractivity contribution in [2.75, 3.05) is 5.75 Å². The molecule has 0 saturated heterocycles. The molecule has 1 aromatic rings. The Kier molecular flexibility index (Phi) is 4.62. The van der Waals surface area contributed by atoms with Gasteiger partial charge in [-0.25, -0.2) is 0 Å². The fraction of sp³-hybridized carbons (Fsp3) is 0.167. The molecule has 0 spiro atoms. The zero-order chi connectivity index (χ0) is 12.0. The van der Waals surface area contributed by atoms with Crippen molar-refractivity contribution in [3.63, 3.8) is 0 Å². The molecule has 0 fully saturated rings. The molecule has 3 nitrogen and oxygen atoms in total. The average molecular weight is 234 g/mol. The minimum absolute atomic E-state index is 0.000152. The van der Waals surface area contributed by atoms with Gasteiger partial charge in [-0.1, -0.05) is 29.7 Å². The van der Waals surface area contributed by atoms with E-state index in [-0.39, 0.29) is 16.4 Å². The third-order valence-corrected chi connectivity index (χ3v) is 2.46. The molecule has 1 aromatic carbocycles. The third kappa shape index (κ3) is 3.44. The van der Waals surface area contributed by atoms with E-state index < -0.39 is 0 Å². The Balaban J connectivity index is 2.81. The van der Waals surface area contributed by atoms with E-state index in [1.807, 2.05) is 0 Å². The molecule has 0 saturated carbocycles. The number of phenols is 1. The van der Waals surface area contributed by atoms with Gasteiger partial charge < -0.3 is 5.11 Å². The number of thioether (sulfide) groups is 1. The van der Waals surface area contributed by atoms with Crippen LogP contribution in [0.5, 0.6) is 5.75 Å². The molecule has 0 amide bonds. The number of para-hydroxylation sites is 1. The fourth-order valence-electron chi connectivity index (χ4n) is 1.03. The zero-order valence-corrected chi connectivity index (χ0v) is 9.50. The maximum Gasteiger partial charge on any atom is 0.186 e. The van der Waals surface area contributed by atoms with Gasteiger partial charge in [0.1, 0.15) is 5.75 Å². The molecule has 0 aliphatic heterocycles. The van der Waals surface area contributed by atoms with Crippen molar-refractivity contribution in [3.05, 3.63) is 29.3 Å². The van der Waals surface area contributed by atoms with Crippen LogP contribution >= 0.6 is 11.8 Å². The van der Waals surface area contributed by atoms with Gasteiger partial charge in [-0.2, -0.15) is 0 Å². The first-order valence-corrected chi connectivity index (χ1v) is 5.53. The van der Waals surface area contributed by atoms with Crippen molar-refractivity contribution in [3.8, 4) is 17.6 Å². The number of aromatic hydroxyl groups is 1. The minimum atomic E-state index is -0.113. The lowest BCUT2D eigenvalue weighted by atomic mass is 10.1. The molecule has 0 bridgehead atoms. The molecule has 82 valence electrons. The van der Waals surface area contributed by atoms with Gasteiger partial charge in [-0.15, -0.1) is 0 Å². The Morgan fingerprint density at radius 2 is 2.31 bits per heavy atom. The Morgan fingerprint density at radius 1 is 1.56 bits per heavy atom. The van der Waals surface area contributed by atoms with Gasteiger partial charge in [-0.3, -0.25) is 9.59 Å². The average Bonchev–Trinajstić information content (AvgIpc) is 2.26. The van der Waals surface area contributed by atoms with Crippen LogP contribution in [0.1, 0.15) is 22.8 Å². The number of hydrogen-bond donors (Lipinski definition) is 1. The van der Waals surface area contributed by atoms with Gasteiger partial charge in [0.25, 0.3) is 0 Å². The maximum absolute atomic E-state index is 10.6. The first-order chi connectivity index (χ1) is 7.65. The zero-order valence-electron chi connectivity index (χ0n) is 8.69. The molecule has 0 heterocycles. The Bertz CT molecular complexity index is 469. The molecule has 0 atom stereocenters. The van der Waals surface area contributed by atoms with Gasteiger partial charge in [0.15, 0.2) is 11.4 Å². The van der Waals surface area contributed by atoms with Crippen LogP contribution in [-0.4, -0.2) is 22.3 Å². The lowest BCUT2D eigenvalue weighted by Gasteiger charge is -1.98. The first kappa shape index (κ1) is 12.3. The number of hydrogen-bond acceptors (Lipinski definition) is 4. The number of phenolic OH excluding ortho intramolecular Hbond substituents is 1. The molecule has 0 aromatic heterocycles. The van der Waals surface area contributed by atoms with Crippen LogP contribution < -0.4 is 0 Å². The van der Waals surface area contributed by atoms with E-state index in [0.29, 0.717) is 17.6 Å². The second-order valence-corrected chi connectivity index (χ2v) is 4.10. The molecular weight excluding hydrogens is 224 g/mol. The van der Waals surface area contributed by atoms with Gasteiger partial charge in [-0.05, 0) is 12.1 Å². The Hall–Kier alpha value is -1.73. The molecule has 0 aliphatic carbocycles. The number of carbonyl (C=O) groups excluding carboxylic acids is 2. The SMILES string of the molecule is CC(=O)SCC#Cc1cccc(C=O)c1O. The Morgan fingerprint density at radius 3 is 2.94 bits per heavy atom. The van der Waals surface area contributed by atoms with E-state index in [1.165, 1.54) is 13.0 Å².